The summed E-state index contributed by atoms with van der Waals surface area (Å²) in [6.07, 6.45) is 3.60. The highest BCUT2D eigenvalue weighted by molar-refractivity contribution is 5.13. The molecule has 0 aromatic heterocycles. The van der Waals surface area contributed by atoms with Crippen LogP contribution in [0.3, 0.4) is 0 Å². The van der Waals surface area contributed by atoms with Gasteiger partial charge in [-0.3, -0.25) is 0 Å². The predicted octanol–water partition coefficient (Wildman–Crippen LogP) is 4.10. The maximum absolute atomic E-state index is 10.5. The molecule has 3 nitrogen and oxygen atoms in total. The molecule has 2 rings (SSSR count). The lowest BCUT2D eigenvalue weighted by Crippen LogP contribution is -2.46. The van der Waals surface area contributed by atoms with Gasteiger partial charge in [-0.1, -0.05) is 57.5 Å². The Morgan fingerprint density at radius 2 is 1.84 bits per heavy atom. The third-order valence-corrected chi connectivity index (χ3v) is 5.62. The minimum atomic E-state index is -0.413. The second-order valence-electron chi connectivity index (χ2n) is 9.11. The van der Waals surface area contributed by atoms with E-state index < -0.39 is 6.10 Å². The summed E-state index contributed by atoms with van der Waals surface area (Å²) < 4.78 is 6.99. The van der Waals surface area contributed by atoms with E-state index in [0.29, 0.717) is 31.1 Å². The van der Waals surface area contributed by atoms with E-state index in [1.54, 1.807) is 0 Å². The molecule has 1 saturated carbocycles. The number of hydrogen-bond donors (Lipinski definition) is 1. The Morgan fingerprint density at radius 1 is 1.16 bits per heavy atom. The lowest BCUT2D eigenvalue weighted by molar-refractivity contribution is -0.906. The molecule has 1 fully saturated rings. The molecule has 0 heterocycles. The van der Waals surface area contributed by atoms with Gasteiger partial charge in [-0.25, -0.2) is 0 Å². The number of nitrogens with zero attached hydrogens (tertiary/aromatic N) is 1. The van der Waals surface area contributed by atoms with Crippen molar-refractivity contribution >= 4 is 0 Å². The number of rotatable bonds is 8. The third-order valence-electron chi connectivity index (χ3n) is 5.62. The highest BCUT2D eigenvalue weighted by Gasteiger charge is 2.32. The van der Waals surface area contributed by atoms with E-state index in [2.05, 4.69) is 59.1 Å². The van der Waals surface area contributed by atoms with Crippen molar-refractivity contribution in [2.75, 3.05) is 27.2 Å². The maximum Gasteiger partial charge on any atom is 0.126 e. The van der Waals surface area contributed by atoms with Crippen molar-refractivity contribution in [3.05, 3.63) is 35.9 Å². The molecule has 3 heteroatoms. The molecule has 1 aromatic carbocycles. The summed E-state index contributed by atoms with van der Waals surface area (Å²) in [7, 11) is 4.35. The van der Waals surface area contributed by atoms with Crippen LogP contribution in [0.4, 0.5) is 0 Å². The number of ether oxygens (including phenoxy) is 1. The minimum Gasteiger partial charge on any atom is -0.385 e. The summed E-state index contributed by atoms with van der Waals surface area (Å²) in [4.78, 5) is 0. The lowest BCUT2D eigenvalue weighted by Gasteiger charge is -2.38. The van der Waals surface area contributed by atoms with E-state index in [9.17, 15) is 5.11 Å². The first-order chi connectivity index (χ1) is 11.8. The van der Waals surface area contributed by atoms with Crippen molar-refractivity contribution in [2.24, 2.45) is 17.8 Å². The van der Waals surface area contributed by atoms with Gasteiger partial charge in [0.25, 0.3) is 0 Å². The largest absolute Gasteiger partial charge is 0.385 e. The number of aliphatic hydroxyl groups is 1. The van der Waals surface area contributed by atoms with Crippen molar-refractivity contribution in [3.8, 4) is 0 Å². The quantitative estimate of drug-likeness (QED) is 0.717. The van der Waals surface area contributed by atoms with Crippen molar-refractivity contribution in [1.82, 2.24) is 0 Å². The molecular formula is C22H38NO2+. The van der Waals surface area contributed by atoms with Crippen LogP contribution < -0.4 is 0 Å². The Bertz CT molecular complexity index is 500. The molecule has 25 heavy (non-hydrogen) atoms. The SMILES string of the molecule is CC(C)[C@H]1CC[C@@H](C)C[C@@H]1OC[C@@H](O)C[N+](C)(C)Cc1ccccc1. The molecular weight excluding hydrogens is 310 g/mol. The monoisotopic (exact) mass is 348 g/mol. The van der Waals surface area contributed by atoms with Crippen LogP contribution in [0.25, 0.3) is 0 Å². The Morgan fingerprint density at radius 3 is 2.48 bits per heavy atom. The van der Waals surface area contributed by atoms with Gasteiger partial charge < -0.3 is 14.3 Å². The third kappa shape index (κ3) is 6.73. The average Bonchev–Trinajstić information content (AvgIpc) is 2.52. The molecule has 0 spiro atoms. The van der Waals surface area contributed by atoms with Gasteiger partial charge in [0.1, 0.15) is 19.2 Å². The molecule has 0 saturated heterocycles. The fraction of sp³-hybridized carbons (Fsp3) is 0.727. The van der Waals surface area contributed by atoms with E-state index in [0.717, 1.165) is 23.4 Å². The Kier molecular flexibility index (Phi) is 7.48. The second-order valence-corrected chi connectivity index (χ2v) is 9.11. The van der Waals surface area contributed by atoms with Gasteiger partial charge in [0.2, 0.25) is 0 Å². The molecule has 0 radical (unpaired) electrons. The van der Waals surface area contributed by atoms with Crippen molar-refractivity contribution in [2.45, 2.75) is 58.8 Å². The lowest BCUT2D eigenvalue weighted by atomic mass is 9.75. The summed E-state index contributed by atoms with van der Waals surface area (Å²) in [5.41, 5.74) is 1.31. The van der Waals surface area contributed by atoms with Crippen LogP contribution >= 0.6 is 0 Å². The summed E-state index contributed by atoms with van der Waals surface area (Å²) >= 11 is 0. The predicted molar refractivity (Wildman–Crippen MR) is 104 cm³/mol. The number of quaternary nitrogens is 1. The van der Waals surface area contributed by atoms with Gasteiger partial charge in [0, 0.05) is 5.56 Å². The number of aliphatic hydroxyl groups excluding tert-OH is 1. The minimum absolute atomic E-state index is 0.308. The first-order valence-corrected chi connectivity index (χ1v) is 9.92. The van der Waals surface area contributed by atoms with Crippen LogP contribution in [-0.2, 0) is 11.3 Å². The number of likely N-dealkylation sites (N-methyl/N-ethyl adjacent to an activating group) is 1. The van der Waals surface area contributed by atoms with Crippen molar-refractivity contribution < 1.29 is 14.3 Å². The Labute approximate surface area is 154 Å². The molecule has 0 aliphatic heterocycles. The first-order valence-electron chi connectivity index (χ1n) is 9.92. The topological polar surface area (TPSA) is 29.5 Å². The van der Waals surface area contributed by atoms with Crippen LogP contribution in [0.1, 0.15) is 45.6 Å². The maximum atomic E-state index is 10.5. The molecule has 1 aliphatic rings. The van der Waals surface area contributed by atoms with Crippen LogP contribution in [0, 0.1) is 17.8 Å². The summed E-state index contributed by atoms with van der Waals surface area (Å²) in [5, 5.41) is 10.5. The zero-order valence-electron chi connectivity index (χ0n) is 16.8. The molecule has 4 atom stereocenters. The number of hydrogen-bond acceptors (Lipinski definition) is 2. The number of benzene rings is 1. The molecule has 1 N–H and O–H groups in total. The molecule has 142 valence electrons. The van der Waals surface area contributed by atoms with Crippen LogP contribution in [0.5, 0.6) is 0 Å². The van der Waals surface area contributed by atoms with Gasteiger partial charge in [0.15, 0.2) is 0 Å². The zero-order valence-corrected chi connectivity index (χ0v) is 16.8. The van der Waals surface area contributed by atoms with Gasteiger partial charge >= 0.3 is 0 Å². The molecule has 0 bridgehead atoms. The van der Waals surface area contributed by atoms with E-state index in [4.69, 9.17) is 4.74 Å². The van der Waals surface area contributed by atoms with Gasteiger partial charge in [-0.15, -0.1) is 0 Å². The van der Waals surface area contributed by atoms with Gasteiger partial charge in [0.05, 0.1) is 26.8 Å². The highest BCUT2D eigenvalue weighted by Crippen LogP contribution is 2.35. The molecule has 1 aromatic rings. The van der Waals surface area contributed by atoms with Gasteiger partial charge in [-0.2, -0.15) is 0 Å². The summed E-state index contributed by atoms with van der Waals surface area (Å²) in [6.45, 7) is 9.01. The fourth-order valence-electron chi connectivity index (χ4n) is 4.31. The van der Waals surface area contributed by atoms with Gasteiger partial charge in [-0.05, 0) is 30.6 Å². The normalized spacial score (nSPS) is 26.0. The van der Waals surface area contributed by atoms with Crippen LogP contribution in [0.2, 0.25) is 0 Å². The second kappa shape index (κ2) is 9.16. The smallest absolute Gasteiger partial charge is 0.126 e. The molecule has 0 unspecified atom stereocenters. The fourth-order valence-corrected chi connectivity index (χ4v) is 4.31. The van der Waals surface area contributed by atoms with E-state index in [1.807, 2.05) is 6.07 Å². The van der Waals surface area contributed by atoms with E-state index in [1.165, 1.54) is 18.4 Å². The standard InChI is InChI=1S/C22H38NO2/c1-17(2)21-12-11-18(3)13-22(21)25-16-20(24)15-23(4,5)14-19-9-7-6-8-10-19/h6-10,17-18,20-22,24H,11-16H2,1-5H3/q+1/t18-,20+,21-,22+/m1/s1. The Balaban J connectivity index is 1.83. The average molecular weight is 349 g/mol. The van der Waals surface area contributed by atoms with Crippen LogP contribution in [-0.4, -0.2) is 49.0 Å². The molecule has 1 aliphatic carbocycles. The van der Waals surface area contributed by atoms with Crippen LogP contribution in [0.15, 0.2) is 30.3 Å². The van der Waals surface area contributed by atoms with E-state index >= 15 is 0 Å². The first kappa shape index (κ1) is 20.4. The highest BCUT2D eigenvalue weighted by atomic mass is 16.5. The zero-order chi connectivity index (χ0) is 18.4. The van der Waals surface area contributed by atoms with E-state index in [-0.39, 0.29) is 0 Å². The molecule has 0 amide bonds. The van der Waals surface area contributed by atoms with Crippen molar-refractivity contribution in [3.63, 3.8) is 0 Å². The summed E-state index contributed by atoms with van der Waals surface area (Å²) in [6, 6.07) is 10.5. The summed E-state index contributed by atoms with van der Waals surface area (Å²) in [5.74, 6) is 2.03. The Hall–Kier alpha value is -0.900. The van der Waals surface area contributed by atoms with Crippen molar-refractivity contribution in [1.29, 1.82) is 0 Å².